The zero-order valence-corrected chi connectivity index (χ0v) is 17.7. The van der Waals surface area contributed by atoms with Crippen LogP contribution in [0.25, 0.3) is 11.4 Å². The number of H-pyrrole nitrogens is 1. The van der Waals surface area contributed by atoms with Crippen molar-refractivity contribution in [3.05, 3.63) is 22.7 Å². The van der Waals surface area contributed by atoms with Crippen molar-refractivity contribution in [1.29, 1.82) is 0 Å². The van der Waals surface area contributed by atoms with Crippen molar-refractivity contribution >= 4 is 32.0 Å². The molecule has 1 aromatic carbocycles. The van der Waals surface area contributed by atoms with E-state index < -0.39 is 26.5 Å². The lowest BCUT2D eigenvalue weighted by Gasteiger charge is -2.34. The Bertz CT molecular complexity index is 1190. The van der Waals surface area contributed by atoms with Crippen LogP contribution in [0.15, 0.2) is 17.0 Å². The van der Waals surface area contributed by atoms with E-state index in [1.165, 1.54) is 17.4 Å². The number of rotatable bonds is 4. The summed E-state index contributed by atoms with van der Waals surface area (Å²) in [6, 6.07) is 2.04. The molecule has 0 amide bonds. The molecule has 3 heterocycles. The highest BCUT2D eigenvalue weighted by Gasteiger charge is 2.40. The Hall–Kier alpha value is -2.81. The molecule has 166 valence electrons. The number of aromatic amines is 1. The SMILES string of the molecule is CS(=O)(=O)c1c(C(F)(F)F)ccc(N2CCC(c3nnc(N)s3)CC2)c1-c1nn[nH]n1. The van der Waals surface area contributed by atoms with Gasteiger partial charge in [-0.15, -0.1) is 20.4 Å². The van der Waals surface area contributed by atoms with Crippen LogP contribution in [0.4, 0.5) is 24.0 Å². The van der Waals surface area contributed by atoms with Gasteiger partial charge in [0.15, 0.2) is 9.84 Å². The second-order valence-electron chi connectivity index (χ2n) is 7.08. The van der Waals surface area contributed by atoms with Gasteiger partial charge in [-0.1, -0.05) is 11.3 Å². The predicted molar refractivity (Wildman–Crippen MR) is 106 cm³/mol. The first kappa shape index (κ1) is 21.4. The monoisotopic (exact) mass is 474 g/mol. The number of hydrogen-bond acceptors (Lipinski definition) is 10. The number of benzene rings is 1. The first-order chi connectivity index (χ1) is 14.6. The van der Waals surface area contributed by atoms with Gasteiger partial charge in [-0.3, -0.25) is 0 Å². The molecule has 15 heteroatoms. The van der Waals surface area contributed by atoms with E-state index in [2.05, 4.69) is 30.8 Å². The fourth-order valence-corrected chi connectivity index (χ4v) is 5.64. The Morgan fingerprint density at radius 2 is 1.90 bits per heavy atom. The van der Waals surface area contributed by atoms with Gasteiger partial charge in [0.1, 0.15) is 5.01 Å². The number of nitrogens with one attached hydrogen (secondary N) is 1. The molecule has 3 aromatic rings. The Balaban J connectivity index is 1.78. The molecule has 2 aromatic heterocycles. The van der Waals surface area contributed by atoms with Crippen LogP contribution in [-0.4, -0.2) is 58.6 Å². The Kier molecular flexibility index (Phi) is 5.33. The van der Waals surface area contributed by atoms with Crippen LogP contribution in [0.2, 0.25) is 0 Å². The van der Waals surface area contributed by atoms with Crippen LogP contribution in [0.1, 0.15) is 29.3 Å². The van der Waals surface area contributed by atoms with Crippen LogP contribution < -0.4 is 10.6 Å². The van der Waals surface area contributed by atoms with Gasteiger partial charge in [0.05, 0.1) is 16.0 Å². The van der Waals surface area contributed by atoms with Gasteiger partial charge in [0.2, 0.25) is 11.0 Å². The summed E-state index contributed by atoms with van der Waals surface area (Å²) in [7, 11) is -4.28. The summed E-state index contributed by atoms with van der Waals surface area (Å²) in [5.74, 6) is -0.107. The van der Waals surface area contributed by atoms with E-state index in [1.807, 2.05) is 4.90 Å². The first-order valence-corrected chi connectivity index (χ1v) is 11.8. The smallest absolute Gasteiger partial charge is 0.374 e. The minimum atomic E-state index is -4.87. The van der Waals surface area contributed by atoms with Crippen LogP contribution in [-0.2, 0) is 16.0 Å². The van der Waals surface area contributed by atoms with Crippen LogP contribution in [0.3, 0.4) is 0 Å². The van der Waals surface area contributed by atoms with E-state index in [0.717, 1.165) is 17.3 Å². The normalized spacial score (nSPS) is 16.1. The van der Waals surface area contributed by atoms with Gasteiger partial charge < -0.3 is 10.6 Å². The molecule has 3 N–H and O–H groups in total. The molecule has 10 nitrogen and oxygen atoms in total. The van der Waals surface area contributed by atoms with E-state index in [4.69, 9.17) is 5.73 Å². The van der Waals surface area contributed by atoms with E-state index in [9.17, 15) is 21.6 Å². The predicted octanol–water partition coefficient (Wildman–Crippen LogP) is 2.11. The van der Waals surface area contributed by atoms with E-state index >= 15 is 0 Å². The first-order valence-electron chi connectivity index (χ1n) is 9.07. The van der Waals surface area contributed by atoms with Gasteiger partial charge >= 0.3 is 6.18 Å². The maximum absolute atomic E-state index is 13.7. The molecule has 1 aliphatic rings. The van der Waals surface area contributed by atoms with Gasteiger partial charge in [-0.05, 0) is 30.2 Å². The minimum absolute atomic E-state index is 0.114. The molecule has 0 bridgehead atoms. The molecule has 1 fully saturated rings. The number of anilines is 2. The van der Waals surface area contributed by atoms with Crippen molar-refractivity contribution in [1.82, 2.24) is 30.8 Å². The molecule has 1 aliphatic heterocycles. The molecule has 0 atom stereocenters. The third kappa shape index (κ3) is 4.19. The summed E-state index contributed by atoms with van der Waals surface area (Å²) < 4.78 is 65.9. The molecular formula is C16H17F3N8O2S2. The Labute approximate surface area is 178 Å². The molecule has 1 saturated heterocycles. The number of nitrogen functional groups attached to an aromatic ring is 1. The number of nitrogens with two attached hydrogens (primary N) is 1. The maximum atomic E-state index is 13.7. The second-order valence-corrected chi connectivity index (χ2v) is 10.1. The van der Waals surface area contributed by atoms with E-state index in [-0.39, 0.29) is 17.3 Å². The Morgan fingerprint density at radius 3 is 2.42 bits per heavy atom. The number of nitrogens with zero attached hydrogens (tertiary/aromatic N) is 6. The third-order valence-corrected chi connectivity index (χ3v) is 7.10. The average molecular weight is 474 g/mol. The highest BCUT2D eigenvalue weighted by atomic mass is 32.2. The summed E-state index contributed by atoms with van der Waals surface area (Å²) in [6.07, 6.45) is -2.84. The maximum Gasteiger partial charge on any atom is 0.417 e. The van der Waals surface area contributed by atoms with Gasteiger partial charge in [-0.25, -0.2) is 8.42 Å². The van der Waals surface area contributed by atoms with Crippen molar-refractivity contribution in [2.45, 2.75) is 29.8 Å². The summed E-state index contributed by atoms with van der Waals surface area (Å²) in [6.45, 7) is 0.924. The van der Waals surface area contributed by atoms with Gasteiger partial charge in [-0.2, -0.15) is 18.4 Å². The lowest BCUT2D eigenvalue weighted by Crippen LogP contribution is -2.33. The van der Waals surface area contributed by atoms with Crippen LogP contribution in [0, 0.1) is 0 Å². The standard InChI is InChI=1S/C16H17F3N8O2S2/c1-31(28,29)12-9(16(17,18)19)2-3-10(11(12)13-21-25-26-22-13)27-6-4-8(5-7-27)14-23-24-15(20)30-14/h2-3,8H,4-7H2,1H3,(H2,20,24)(H,21,22,25,26). The van der Waals surface area contributed by atoms with E-state index in [1.54, 1.807) is 0 Å². The van der Waals surface area contributed by atoms with Gasteiger partial charge in [0, 0.05) is 31.0 Å². The number of piperidine rings is 1. The second kappa shape index (κ2) is 7.71. The van der Waals surface area contributed by atoms with Crippen LogP contribution in [0.5, 0.6) is 0 Å². The molecule has 0 unspecified atom stereocenters. The van der Waals surface area contributed by atoms with Crippen LogP contribution >= 0.6 is 11.3 Å². The fourth-order valence-electron chi connectivity index (χ4n) is 3.71. The lowest BCUT2D eigenvalue weighted by molar-refractivity contribution is -0.139. The van der Waals surface area contributed by atoms with E-state index in [0.29, 0.717) is 36.8 Å². The largest absolute Gasteiger partial charge is 0.417 e. The number of hydrogen-bond donors (Lipinski definition) is 2. The molecular weight excluding hydrogens is 457 g/mol. The molecule has 4 rings (SSSR count). The fraction of sp³-hybridized carbons (Fsp3) is 0.438. The quantitative estimate of drug-likeness (QED) is 0.581. The average Bonchev–Trinajstić information content (AvgIpc) is 3.37. The molecule has 0 aliphatic carbocycles. The molecule has 0 saturated carbocycles. The summed E-state index contributed by atoms with van der Waals surface area (Å²) >= 11 is 1.30. The minimum Gasteiger partial charge on any atom is -0.374 e. The molecule has 0 radical (unpaired) electrons. The van der Waals surface area contributed by atoms with Crippen molar-refractivity contribution < 1.29 is 21.6 Å². The number of alkyl halides is 3. The van der Waals surface area contributed by atoms with Crippen molar-refractivity contribution in [2.75, 3.05) is 30.0 Å². The third-order valence-electron chi connectivity index (χ3n) is 5.02. The highest BCUT2D eigenvalue weighted by Crippen LogP contribution is 2.44. The summed E-state index contributed by atoms with van der Waals surface area (Å²) in [5, 5.41) is 22.2. The van der Waals surface area contributed by atoms with Crippen molar-refractivity contribution in [2.24, 2.45) is 0 Å². The lowest BCUT2D eigenvalue weighted by atomic mass is 9.96. The van der Waals surface area contributed by atoms with Crippen molar-refractivity contribution in [3.8, 4) is 11.4 Å². The highest BCUT2D eigenvalue weighted by molar-refractivity contribution is 7.91. The number of halogens is 3. The number of aromatic nitrogens is 6. The molecule has 0 spiro atoms. The summed E-state index contributed by atoms with van der Waals surface area (Å²) in [4.78, 5) is 0.958. The van der Waals surface area contributed by atoms with Crippen molar-refractivity contribution in [3.63, 3.8) is 0 Å². The Morgan fingerprint density at radius 1 is 1.19 bits per heavy atom. The number of sulfone groups is 1. The summed E-state index contributed by atoms with van der Waals surface area (Å²) in [5.41, 5.74) is 4.46. The molecule has 31 heavy (non-hydrogen) atoms. The topological polar surface area (TPSA) is 144 Å². The zero-order chi connectivity index (χ0) is 22.4. The zero-order valence-electron chi connectivity index (χ0n) is 16.1. The number of tetrazole rings is 1. The van der Waals surface area contributed by atoms with Gasteiger partial charge in [0.25, 0.3) is 0 Å².